The van der Waals surface area contributed by atoms with Crippen LogP contribution in [0.15, 0.2) is 140 Å². The number of rotatable bonds is 10. The number of hydrogen-bond donors (Lipinski definition) is 1. The van der Waals surface area contributed by atoms with E-state index in [4.69, 9.17) is 5.41 Å². The predicted octanol–water partition coefficient (Wildman–Crippen LogP) is 9.67. The van der Waals surface area contributed by atoms with Gasteiger partial charge in [-0.15, -0.1) is 0 Å². The first-order chi connectivity index (χ1) is 17.5. The number of benzene rings is 3. The lowest BCUT2D eigenvalue weighted by atomic mass is 9.98. The van der Waals surface area contributed by atoms with Crippen molar-refractivity contribution in [1.82, 2.24) is 0 Å². The Balaban J connectivity index is 1.71. The second-order valence-corrected chi connectivity index (χ2v) is 8.48. The summed E-state index contributed by atoms with van der Waals surface area (Å²) in [7, 11) is 0. The van der Waals surface area contributed by atoms with Crippen molar-refractivity contribution in [3.63, 3.8) is 0 Å². The van der Waals surface area contributed by atoms with Crippen LogP contribution in [0, 0.1) is 12.3 Å². The van der Waals surface area contributed by atoms with Gasteiger partial charge in [0.05, 0.1) is 0 Å². The smallest absolute Gasteiger partial charge is 0.0256 e. The summed E-state index contributed by atoms with van der Waals surface area (Å²) >= 11 is 0. The molecular formula is C35H33N. The fourth-order valence-electron chi connectivity index (χ4n) is 3.79. The summed E-state index contributed by atoms with van der Waals surface area (Å²) in [5.41, 5.74) is 10.4. The predicted molar refractivity (Wildman–Crippen MR) is 160 cm³/mol. The molecule has 178 valence electrons. The minimum absolute atomic E-state index is 0.821. The van der Waals surface area contributed by atoms with Gasteiger partial charge in [-0.05, 0) is 75.6 Å². The topological polar surface area (TPSA) is 23.9 Å². The lowest BCUT2D eigenvalue weighted by Crippen LogP contribution is -1.89. The average molecular weight is 468 g/mol. The van der Waals surface area contributed by atoms with Crippen molar-refractivity contribution in [3.8, 4) is 11.1 Å². The summed E-state index contributed by atoms with van der Waals surface area (Å²) in [5.74, 6) is 0. The molecule has 1 heteroatoms. The van der Waals surface area contributed by atoms with Crippen LogP contribution in [0.2, 0.25) is 0 Å². The van der Waals surface area contributed by atoms with E-state index in [0.29, 0.717) is 0 Å². The molecule has 0 bridgehead atoms. The van der Waals surface area contributed by atoms with Crippen molar-refractivity contribution in [2.75, 3.05) is 0 Å². The summed E-state index contributed by atoms with van der Waals surface area (Å²) in [6, 6.07) is 25.2. The van der Waals surface area contributed by atoms with Crippen molar-refractivity contribution in [2.24, 2.45) is 0 Å². The number of hydrogen-bond acceptors (Lipinski definition) is 1. The van der Waals surface area contributed by atoms with Gasteiger partial charge in [0.25, 0.3) is 0 Å². The molecule has 0 saturated carbocycles. The summed E-state index contributed by atoms with van der Waals surface area (Å²) in [6.07, 6.45) is 15.1. The molecule has 0 fully saturated rings. The van der Waals surface area contributed by atoms with Gasteiger partial charge in [0.15, 0.2) is 0 Å². The summed E-state index contributed by atoms with van der Waals surface area (Å²) in [4.78, 5) is 0. The third-order valence-corrected chi connectivity index (χ3v) is 6.04. The SMILES string of the molecule is C=C/C=C(\C=N)c1ccc(C)c(/C=C\C(=C)C(=C)/C=C\C(=C/C)c2ccc(-c3ccccc3)cc2)c1. The molecule has 0 atom stereocenters. The first-order valence-corrected chi connectivity index (χ1v) is 12.0. The normalized spacial score (nSPS) is 12.2. The highest BCUT2D eigenvalue weighted by atomic mass is 14.3. The molecule has 0 aliphatic carbocycles. The first kappa shape index (κ1) is 26.1. The van der Waals surface area contributed by atoms with Crippen LogP contribution in [0.5, 0.6) is 0 Å². The molecule has 0 saturated heterocycles. The largest absolute Gasteiger partial charge is 0.308 e. The van der Waals surface area contributed by atoms with Crippen LogP contribution >= 0.6 is 0 Å². The van der Waals surface area contributed by atoms with E-state index >= 15 is 0 Å². The average Bonchev–Trinajstić information content (AvgIpc) is 2.92. The number of allylic oxidation sites excluding steroid dienone is 10. The van der Waals surface area contributed by atoms with E-state index in [1.165, 1.54) is 17.3 Å². The van der Waals surface area contributed by atoms with Crippen LogP contribution in [0.25, 0.3) is 28.3 Å². The van der Waals surface area contributed by atoms with Gasteiger partial charge in [-0.2, -0.15) is 0 Å². The fraction of sp³-hybridized carbons (Fsp3) is 0.0571. The Morgan fingerprint density at radius 1 is 0.750 bits per heavy atom. The Morgan fingerprint density at radius 2 is 1.39 bits per heavy atom. The van der Waals surface area contributed by atoms with Crippen molar-refractivity contribution < 1.29 is 0 Å². The van der Waals surface area contributed by atoms with Crippen molar-refractivity contribution in [2.45, 2.75) is 13.8 Å². The van der Waals surface area contributed by atoms with Crippen molar-refractivity contribution >= 4 is 23.4 Å². The van der Waals surface area contributed by atoms with E-state index in [1.807, 2.05) is 37.3 Å². The Morgan fingerprint density at radius 3 is 2.03 bits per heavy atom. The molecule has 3 aromatic rings. The minimum atomic E-state index is 0.821. The van der Waals surface area contributed by atoms with E-state index < -0.39 is 0 Å². The van der Waals surface area contributed by atoms with Crippen LogP contribution in [-0.4, -0.2) is 6.21 Å². The van der Waals surface area contributed by atoms with Gasteiger partial charge < -0.3 is 5.41 Å². The van der Waals surface area contributed by atoms with E-state index in [1.54, 1.807) is 6.08 Å². The third kappa shape index (κ3) is 6.77. The van der Waals surface area contributed by atoms with Crippen LogP contribution in [0.3, 0.4) is 0 Å². The zero-order chi connectivity index (χ0) is 25.9. The lowest BCUT2D eigenvalue weighted by Gasteiger charge is -2.07. The van der Waals surface area contributed by atoms with Gasteiger partial charge in [-0.3, -0.25) is 0 Å². The van der Waals surface area contributed by atoms with Crippen molar-refractivity contribution in [1.29, 1.82) is 5.41 Å². The highest BCUT2D eigenvalue weighted by molar-refractivity contribution is 6.08. The molecule has 3 rings (SSSR count). The first-order valence-electron chi connectivity index (χ1n) is 12.0. The van der Waals surface area contributed by atoms with Crippen LogP contribution < -0.4 is 0 Å². The maximum Gasteiger partial charge on any atom is 0.0256 e. The van der Waals surface area contributed by atoms with Crippen LogP contribution in [-0.2, 0) is 0 Å². The minimum Gasteiger partial charge on any atom is -0.308 e. The Bertz CT molecular complexity index is 1370. The van der Waals surface area contributed by atoms with E-state index in [0.717, 1.165) is 44.5 Å². The van der Waals surface area contributed by atoms with Gasteiger partial charge in [0.1, 0.15) is 0 Å². The van der Waals surface area contributed by atoms with Gasteiger partial charge in [0, 0.05) is 6.21 Å². The van der Waals surface area contributed by atoms with E-state index in [9.17, 15) is 0 Å². The second kappa shape index (κ2) is 12.8. The van der Waals surface area contributed by atoms with E-state index in [-0.39, 0.29) is 0 Å². The second-order valence-electron chi connectivity index (χ2n) is 8.48. The molecule has 1 N–H and O–H groups in total. The summed E-state index contributed by atoms with van der Waals surface area (Å²) in [6.45, 7) is 16.3. The highest BCUT2D eigenvalue weighted by Gasteiger charge is 2.03. The molecule has 1 nitrogen and oxygen atoms in total. The molecule has 0 radical (unpaired) electrons. The lowest BCUT2D eigenvalue weighted by molar-refractivity contribution is 1.42. The molecule has 0 aliphatic heterocycles. The van der Waals surface area contributed by atoms with E-state index in [2.05, 4.69) is 106 Å². The summed E-state index contributed by atoms with van der Waals surface area (Å²) < 4.78 is 0. The number of nitrogens with one attached hydrogen (secondary N) is 1. The molecule has 36 heavy (non-hydrogen) atoms. The molecule has 3 aromatic carbocycles. The van der Waals surface area contributed by atoms with Gasteiger partial charge in [-0.25, -0.2) is 0 Å². The molecule has 0 spiro atoms. The maximum absolute atomic E-state index is 7.66. The van der Waals surface area contributed by atoms with Crippen molar-refractivity contribution in [3.05, 3.63) is 162 Å². The Kier molecular flexibility index (Phi) is 9.31. The summed E-state index contributed by atoms with van der Waals surface area (Å²) in [5, 5.41) is 7.66. The standard InChI is InChI=1S/C35H33N/c1-6-11-35(25-36)34-19-16-28(5)33(24-34)18-15-27(4)26(3)14-17-29(7-2)31-20-22-32(23-21-31)30-12-9-8-10-13-30/h6-25,36H,1,3-4H2,2,5H3/b17-14-,18-15-,29-7+,35-11+,36-25?. The molecular weight excluding hydrogens is 434 g/mol. The molecule has 0 unspecified atom stereocenters. The molecule has 0 amide bonds. The highest BCUT2D eigenvalue weighted by Crippen LogP contribution is 2.24. The molecule has 0 aliphatic rings. The monoisotopic (exact) mass is 467 g/mol. The zero-order valence-corrected chi connectivity index (χ0v) is 21.2. The van der Waals surface area contributed by atoms with Crippen LogP contribution in [0.1, 0.15) is 29.2 Å². The van der Waals surface area contributed by atoms with Gasteiger partial charge in [0.2, 0.25) is 0 Å². The van der Waals surface area contributed by atoms with Gasteiger partial charge >= 0.3 is 0 Å². The third-order valence-electron chi connectivity index (χ3n) is 6.04. The fourth-order valence-corrected chi connectivity index (χ4v) is 3.79. The Labute approximate surface area is 216 Å². The van der Waals surface area contributed by atoms with Gasteiger partial charge in [-0.1, -0.05) is 129 Å². The quantitative estimate of drug-likeness (QED) is 0.227. The number of aryl methyl sites for hydroxylation is 1. The molecule has 0 heterocycles. The maximum atomic E-state index is 7.66. The Hall–Kier alpha value is -4.49. The molecule has 0 aromatic heterocycles. The zero-order valence-electron chi connectivity index (χ0n) is 21.2. The van der Waals surface area contributed by atoms with Crippen LogP contribution in [0.4, 0.5) is 0 Å².